The van der Waals surface area contributed by atoms with Gasteiger partial charge in [0, 0.05) is 16.6 Å². The van der Waals surface area contributed by atoms with E-state index in [-0.39, 0.29) is 24.8 Å². The molecule has 0 saturated heterocycles. The second-order valence-electron chi connectivity index (χ2n) is 6.48. The Bertz CT molecular complexity index is 977. The Morgan fingerprint density at radius 1 is 1.13 bits per heavy atom. The number of nitrogens with one attached hydrogen (secondary N) is 1. The maximum Gasteiger partial charge on any atom is 0.338 e. The van der Waals surface area contributed by atoms with E-state index < -0.39 is 12.0 Å². The van der Waals surface area contributed by atoms with Crippen LogP contribution in [0.5, 0.6) is 5.75 Å². The maximum atomic E-state index is 13.0. The first-order valence-electron chi connectivity index (χ1n) is 9.57. The monoisotopic (exact) mass is 448 g/mol. The van der Waals surface area contributed by atoms with E-state index in [2.05, 4.69) is 5.32 Å². The lowest BCUT2D eigenvalue weighted by molar-refractivity contribution is -0.139. The Morgan fingerprint density at radius 3 is 2.57 bits per heavy atom. The smallest absolute Gasteiger partial charge is 0.338 e. The quantitative estimate of drug-likeness (QED) is 0.606. The van der Waals surface area contributed by atoms with E-state index in [9.17, 15) is 9.59 Å². The first kappa shape index (κ1) is 22.0. The molecule has 0 unspecified atom stereocenters. The Hall–Kier alpha value is -2.70. The third kappa shape index (κ3) is 4.71. The van der Waals surface area contributed by atoms with E-state index in [1.165, 1.54) is 4.90 Å². The number of halogens is 2. The number of carbonyl (C=O) groups excluding carboxylic acids is 2. The van der Waals surface area contributed by atoms with Crippen molar-refractivity contribution in [3.05, 3.63) is 75.4 Å². The summed E-state index contributed by atoms with van der Waals surface area (Å²) in [6.07, 6.45) is 0. The van der Waals surface area contributed by atoms with Crippen molar-refractivity contribution >= 4 is 35.2 Å². The molecular formula is C22H22Cl2N2O4. The molecule has 0 aliphatic carbocycles. The zero-order chi connectivity index (χ0) is 21.7. The van der Waals surface area contributed by atoms with Crippen LogP contribution in [-0.2, 0) is 9.53 Å². The van der Waals surface area contributed by atoms with E-state index in [0.29, 0.717) is 33.6 Å². The standard InChI is InChI=1S/C22H22Cl2N2O4/c1-3-26-18(13-30-15-9-7-8-14(23)12-15)19(21(27)29-4-2)20(25-22(26)28)16-10-5-6-11-17(16)24/h5-12,20H,3-4,13H2,1-2H3,(H,25,28)/t20-/m1/s1. The molecule has 8 heteroatoms. The van der Waals surface area contributed by atoms with Crippen molar-refractivity contribution in [3.63, 3.8) is 0 Å². The fourth-order valence-corrected chi connectivity index (χ4v) is 3.72. The van der Waals surface area contributed by atoms with Crippen LogP contribution >= 0.6 is 23.2 Å². The summed E-state index contributed by atoms with van der Waals surface area (Å²) in [4.78, 5) is 27.3. The van der Waals surface area contributed by atoms with Crippen molar-refractivity contribution < 1.29 is 19.1 Å². The molecule has 2 aromatic rings. The molecule has 6 nitrogen and oxygen atoms in total. The highest BCUT2D eigenvalue weighted by molar-refractivity contribution is 6.31. The average molecular weight is 449 g/mol. The topological polar surface area (TPSA) is 67.9 Å². The van der Waals surface area contributed by atoms with Crippen LogP contribution < -0.4 is 10.1 Å². The third-order valence-corrected chi connectivity index (χ3v) is 5.22. The van der Waals surface area contributed by atoms with E-state index in [4.69, 9.17) is 32.7 Å². The summed E-state index contributed by atoms with van der Waals surface area (Å²) < 4.78 is 11.2. The summed E-state index contributed by atoms with van der Waals surface area (Å²) in [5.41, 5.74) is 1.31. The highest BCUT2D eigenvalue weighted by Gasteiger charge is 2.38. The molecule has 3 rings (SSSR count). The first-order valence-corrected chi connectivity index (χ1v) is 10.3. The van der Waals surface area contributed by atoms with Gasteiger partial charge in [-0.1, -0.05) is 47.5 Å². The van der Waals surface area contributed by atoms with Crippen LogP contribution in [0.2, 0.25) is 10.0 Å². The van der Waals surface area contributed by atoms with E-state index in [1.807, 2.05) is 6.92 Å². The van der Waals surface area contributed by atoms with Gasteiger partial charge in [-0.15, -0.1) is 0 Å². The summed E-state index contributed by atoms with van der Waals surface area (Å²) in [6.45, 7) is 4.07. The minimum Gasteiger partial charge on any atom is -0.487 e. The van der Waals surface area contributed by atoms with E-state index in [1.54, 1.807) is 55.5 Å². The van der Waals surface area contributed by atoms with Gasteiger partial charge in [0.25, 0.3) is 0 Å². The molecule has 1 aliphatic heterocycles. The molecule has 0 bridgehead atoms. The van der Waals surface area contributed by atoms with Gasteiger partial charge in [-0.3, -0.25) is 4.90 Å². The lowest BCUT2D eigenvalue weighted by Crippen LogP contribution is -2.49. The van der Waals surface area contributed by atoms with Gasteiger partial charge < -0.3 is 14.8 Å². The van der Waals surface area contributed by atoms with Crippen LogP contribution in [0.15, 0.2) is 59.8 Å². The van der Waals surface area contributed by atoms with Gasteiger partial charge in [0.05, 0.1) is 23.9 Å². The number of likely N-dealkylation sites (N-methyl/N-ethyl adjacent to an activating group) is 1. The van der Waals surface area contributed by atoms with Crippen LogP contribution in [0.1, 0.15) is 25.5 Å². The molecule has 1 aliphatic rings. The number of amides is 2. The number of rotatable bonds is 7. The Labute approximate surface area is 185 Å². The molecular weight excluding hydrogens is 427 g/mol. The minimum atomic E-state index is -0.758. The summed E-state index contributed by atoms with van der Waals surface area (Å²) in [5.74, 6) is -0.0138. The van der Waals surface area contributed by atoms with Crippen LogP contribution in [0.25, 0.3) is 0 Å². The third-order valence-electron chi connectivity index (χ3n) is 4.64. The SMILES string of the molecule is CCOC(=O)C1=C(COc2cccc(Cl)c2)N(CC)C(=O)N[C@@H]1c1ccccc1Cl. The molecule has 158 valence electrons. The van der Waals surface area contributed by atoms with Crippen LogP contribution in [0, 0.1) is 0 Å². The lowest BCUT2D eigenvalue weighted by Gasteiger charge is -2.36. The normalized spacial score (nSPS) is 16.3. The molecule has 0 aromatic heterocycles. The van der Waals surface area contributed by atoms with E-state index >= 15 is 0 Å². The summed E-state index contributed by atoms with van der Waals surface area (Å²) >= 11 is 12.4. The lowest BCUT2D eigenvalue weighted by atomic mass is 9.94. The number of ether oxygens (including phenoxy) is 2. The molecule has 0 fully saturated rings. The number of hydrogen-bond donors (Lipinski definition) is 1. The number of urea groups is 1. The number of carbonyl (C=O) groups is 2. The maximum absolute atomic E-state index is 13.0. The predicted molar refractivity (Wildman–Crippen MR) is 116 cm³/mol. The van der Waals surface area contributed by atoms with Crippen molar-refractivity contribution in [2.24, 2.45) is 0 Å². The molecule has 1 N–H and O–H groups in total. The highest BCUT2D eigenvalue weighted by Crippen LogP contribution is 2.35. The summed E-state index contributed by atoms with van der Waals surface area (Å²) in [5, 5.41) is 3.83. The predicted octanol–water partition coefficient (Wildman–Crippen LogP) is 4.98. The van der Waals surface area contributed by atoms with Crippen LogP contribution in [0.3, 0.4) is 0 Å². The van der Waals surface area contributed by atoms with Crippen molar-refractivity contribution in [3.8, 4) is 5.75 Å². The van der Waals surface area contributed by atoms with Gasteiger partial charge in [0.1, 0.15) is 12.4 Å². The molecule has 30 heavy (non-hydrogen) atoms. The Morgan fingerprint density at radius 2 is 1.90 bits per heavy atom. The fourth-order valence-electron chi connectivity index (χ4n) is 3.29. The second kappa shape index (κ2) is 9.87. The van der Waals surface area contributed by atoms with Gasteiger partial charge in [-0.25, -0.2) is 9.59 Å². The Balaban J connectivity index is 2.09. The molecule has 0 saturated carbocycles. The van der Waals surface area contributed by atoms with Gasteiger partial charge in [-0.2, -0.15) is 0 Å². The van der Waals surface area contributed by atoms with Crippen molar-refractivity contribution in [1.29, 1.82) is 0 Å². The summed E-state index contributed by atoms with van der Waals surface area (Å²) in [6, 6.07) is 12.9. The van der Waals surface area contributed by atoms with Gasteiger partial charge in [-0.05, 0) is 43.7 Å². The average Bonchev–Trinajstić information content (AvgIpc) is 2.72. The minimum absolute atomic E-state index is 0.0172. The van der Waals surface area contributed by atoms with Gasteiger partial charge in [0.2, 0.25) is 0 Å². The number of esters is 1. The van der Waals surface area contributed by atoms with Crippen LogP contribution in [-0.4, -0.2) is 36.7 Å². The van der Waals surface area contributed by atoms with Crippen molar-refractivity contribution in [2.45, 2.75) is 19.9 Å². The zero-order valence-corrected chi connectivity index (χ0v) is 18.2. The number of nitrogens with zero attached hydrogens (tertiary/aromatic N) is 1. The van der Waals surface area contributed by atoms with Gasteiger partial charge >= 0.3 is 12.0 Å². The molecule has 0 radical (unpaired) electrons. The van der Waals surface area contributed by atoms with E-state index in [0.717, 1.165) is 0 Å². The van der Waals surface area contributed by atoms with Gasteiger partial charge in [0.15, 0.2) is 0 Å². The highest BCUT2D eigenvalue weighted by atomic mass is 35.5. The zero-order valence-electron chi connectivity index (χ0n) is 16.7. The molecule has 0 spiro atoms. The first-order chi connectivity index (χ1) is 14.5. The van der Waals surface area contributed by atoms with Crippen LogP contribution in [0.4, 0.5) is 4.79 Å². The molecule has 1 atom stereocenters. The molecule has 2 amide bonds. The molecule has 2 aromatic carbocycles. The Kier molecular flexibility index (Phi) is 7.24. The molecule has 1 heterocycles. The number of hydrogen-bond acceptors (Lipinski definition) is 4. The summed E-state index contributed by atoms with van der Waals surface area (Å²) in [7, 11) is 0. The number of benzene rings is 2. The second-order valence-corrected chi connectivity index (χ2v) is 7.32. The van der Waals surface area contributed by atoms with Crippen molar-refractivity contribution in [1.82, 2.24) is 10.2 Å². The van der Waals surface area contributed by atoms with Crippen molar-refractivity contribution in [2.75, 3.05) is 19.8 Å². The fraction of sp³-hybridized carbons (Fsp3) is 0.273. The largest absolute Gasteiger partial charge is 0.487 e.